The quantitative estimate of drug-likeness (QED) is 0.628. The predicted octanol–water partition coefficient (Wildman–Crippen LogP) is 0.820. The van der Waals surface area contributed by atoms with Crippen LogP contribution in [0.4, 0.5) is 0 Å². The maximum Gasteiger partial charge on any atom is 0.203 e. The smallest absolute Gasteiger partial charge is 0.203 e. The highest BCUT2D eigenvalue weighted by molar-refractivity contribution is 5.51. The standard InChI is InChI=1S/C15H17O6/c1-2-13(19-7-10-4-16-10)15(21-9-12-6-18-12)14(3-1)20-8-11-5-17-11/h2-3,10-12H,4-9H2. The van der Waals surface area contributed by atoms with Gasteiger partial charge in [0.2, 0.25) is 5.75 Å². The molecule has 3 unspecified atom stereocenters. The van der Waals surface area contributed by atoms with Gasteiger partial charge in [-0.25, -0.2) is 0 Å². The fourth-order valence-electron chi connectivity index (χ4n) is 1.84. The lowest BCUT2D eigenvalue weighted by molar-refractivity contribution is 0.208. The molecule has 0 saturated carbocycles. The van der Waals surface area contributed by atoms with Gasteiger partial charge >= 0.3 is 0 Å². The number of hydrogen-bond donors (Lipinski definition) is 0. The van der Waals surface area contributed by atoms with E-state index in [4.69, 9.17) is 28.4 Å². The first-order valence-corrected chi connectivity index (χ1v) is 7.16. The lowest BCUT2D eigenvalue weighted by Gasteiger charge is -2.15. The van der Waals surface area contributed by atoms with Crippen LogP contribution in [0.5, 0.6) is 17.2 Å². The van der Waals surface area contributed by atoms with Crippen LogP contribution >= 0.6 is 0 Å². The number of rotatable bonds is 9. The van der Waals surface area contributed by atoms with Gasteiger partial charge in [0.05, 0.1) is 19.8 Å². The van der Waals surface area contributed by atoms with Crippen molar-refractivity contribution in [1.82, 2.24) is 0 Å². The molecule has 1 aromatic carbocycles. The summed E-state index contributed by atoms with van der Waals surface area (Å²) in [5.74, 6) is 1.85. The molecule has 6 nitrogen and oxygen atoms in total. The summed E-state index contributed by atoms with van der Waals surface area (Å²) in [4.78, 5) is 0. The summed E-state index contributed by atoms with van der Waals surface area (Å²) >= 11 is 0. The first-order valence-electron chi connectivity index (χ1n) is 7.16. The van der Waals surface area contributed by atoms with Gasteiger partial charge in [0.15, 0.2) is 11.5 Å². The van der Waals surface area contributed by atoms with Crippen molar-refractivity contribution in [3.8, 4) is 17.2 Å². The topological polar surface area (TPSA) is 65.3 Å². The molecule has 0 N–H and O–H groups in total. The fraction of sp³-hybridized carbons (Fsp3) is 0.600. The molecule has 0 bridgehead atoms. The Hall–Kier alpha value is -1.50. The van der Waals surface area contributed by atoms with Gasteiger partial charge in [-0.05, 0) is 18.2 Å². The van der Waals surface area contributed by atoms with Gasteiger partial charge in [0.25, 0.3) is 0 Å². The highest BCUT2D eigenvalue weighted by Gasteiger charge is 2.28. The van der Waals surface area contributed by atoms with E-state index in [1.54, 1.807) is 12.1 Å². The molecule has 3 saturated heterocycles. The molecule has 0 aromatic heterocycles. The van der Waals surface area contributed by atoms with Gasteiger partial charge in [-0.2, -0.15) is 0 Å². The summed E-state index contributed by atoms with van der Waals surface area (Å²) < 4.78 is 32.8. The Kier molecular flexibility index (Phi) is 3.58. The van der Waals surface area contributed by atoms with E-state index >= 15 is 0 Å². The van der Waals surface area contributed by atoms with Crippen LogP contribution in [-0.2, 0) is 14.2 Å². The second-order valence-electron chi connectivity index (χ2n) is 5.31. The Morgan fingerprint density at radius 3 is 1.67 bits per heavy atom. The summed E-state index contributed by atoms with van der Waals surface area (Å²) in [6.45, 7) is 3.78. The maximum atomic E-state index is 5.82. The van der Waals surface area contributed by atoms with Crippen LogP contribution in [-0.4, -0.2) is 58.0 Å². The lowest BCUT2D eigenvalue weighted by atomic mass is 10.3. The van der Waals surface area contributed by atoms with Gasteiger partial charge in [-0.3, -0.25) is 0 Å². The van der Waals surface area contributed by atoms with Gasteiger partial charge in [-0.1, -0.05) is 0 Å². The minimum absolute atomic E-state index is 0.174. The SMILES string of the molecule is [c]1cc(OCC2CO2)c(OCC2CO2)c(OCC2CO2)c1. The van der Waals surface area contributed by atoms with E-state index in [2.05, 4.69) is 6.07 Å². The average Bonchev–Trinajstić information content (AvgIpc) is 3.38. The molecule has 1 radical (unpaired) electrons. The summed E-state index contributed by atoms with van der Waals surface area (Å²) in [7, 11) is 0. The van der Waals surface area contributed by atoms with Crippen molar-refractivity contribution in [2.75, 3.05) is 39.6 Å². The second-order valence-corrected chi connectivity index (χ2v) is 5.31. The molecule has 21 heavy (non-hydrogen) atoms. The summed E-state index contributed by atoms with van der Waals surface area (Å²) in [5.41, 5.74) is 0. The Morgan fingerprint density at radius 1 is 0.810 bits per heavy atom. The number of ether oxygens (including phenoxy) is 6. The number of hydrogen-bond acceptors (Lipinski definition) is 6. The highest BCUT2D eigenvalue weighted by Crippen LogP contribution is 2.38. The maximum absolute atomic E-state index is 5.82. The second kappa shape index (κ2) is 5.71. The van der Waals surface area contributed by atoms with Crippen LogP contribution in [0.3, 0.4) is 0 Å². The molecule has 0 aliphatic carbocycles. The molecule has 3 fully saturated rings. The largest absolute Gasteiger partial charge is 0.487 e. The Morgan fingerprint density at radius 2 is 1.24 bits per heavy atom. The molecule has 113 valence electrons. The lowest BCUT2D eigenvalue weighted by Crippen LogP contribution is -2.11. The fourth-order valence-corrected chi connectivity index (χ4v) is 1.84. The van der Waals surface area contributed by atoms with E-state index in [9.17, 15) is 0 Å². The first-order chi connectivity index (χ1) is 10.4. The Balaban J connectivity index is 1.45. The zero-order chi connectivity index (χ0) is 14.1. The summed E-state index contributed by atoms with van der Waals surface area (Å²) in [6.07, 6.45) is 0.552. The van der Waals surface area contributed by atoms with Gasteiger partial charge in [-0.15, -0.1) is 0 Å². The van der Waals surface area contributed by atoms with E-state index < -0.39 is 0 Å². The first kappa shape index (κ1) is 13.2. The third-order valence-corrected chi connectivity index (χ3v) is 3.35. The van der Waals surface area contributed by atoms with E-state index in [-0.39, 0.29) is 18.3 Å². The number of epoxide rings is 3. The summed E-state index contributed by atoms with van der Waals surface area (Å²) in [5, 5.41) is 0. The van der Waals surface area contributed by atoms with E-state index in [0.29, 0.717) is 37.1 Å². The molecule has 1 aromatic rings. The van der Waals surface area contributed by atoms with Crippen LogP contribution in [0, 0.1) is 6.07 Å². The highest BCUT2D eigenvalue weighted by atomic mass is 16.6. The van der Waals surface area contributed by atoms with Crippen LogP contribution in [0.1, 0.15) is 0 Å². The minimum atomic E-state index is 0.174. The van der Waals surface area contributed by atoms with Crippen molar-refractivity contribution in [3.05, 3.63) is 18.2 Å². The van der Waals surface area contributed by atoms with Crippen LogP contribution < -0.4 is 14.2 Å². The molecule has 3 aliphatic rings. The Bertz CT molecular complexity index is 459. The Labute approximate surface area is 122 Å². The van der Waals surface area contributed by atoms with Gasteiger partial charge in [0, 0.05) is 0 Å². The van der Waals surface area contributed by atoms with Crippen molar-refractivity contribution in [3.63, 3.8) is 0 Å². The molecular formula is C15H17O6. The molecule has 3 aliphatic heterocycles. The van der Waals surface area contributed by atoms with Crippen molar-refractivity contribution < 1.29 is 28.4 Å². The molecule has 3 atom stereocenters. The molecule has 0 amide bonds. The minimum Gasteiger partial charge on any atom is -0.487 e. The molecule has 3 heterocycles. The molecular weight excluding hydrogens is 276 g/mol. The van der Waals surface area contributed by atoms with Crippen molar-refractivity contribution in [2.24, 2.45) is 0 Å². The van der Waals surface area contributed by atoms with Crippen LogP contribution in [0.25, 0.3) is 0 Å². The van der Waals surface area contributed by atoms with Crippen molar-refractivity contribution >= 4 is 0 Å². The number of benzene rings is 1. The predicted molar refractivity (Wildman–Crippen MR) is 71.0 cm³/mol. The normalized spacial score (nSPS) is 28.9. The van der Waals surface area contributed by atoms with Crippen LogP contribution in [0.15, 0.2) is 12.1 Å². The summed E-state index contributed by atoms with van der Waals surface area (Å²) in [6, 6.07) is 6.53. The zero-order valence-corrected chi connectivity index (χ0v) is 11.6. The monoisotopic (exact) mass is 293 g/mol. The van der Waals surface area contributed by atoms with Crippen molar-refractivity contribution in [1.29, 1.82) is 0 Å². The zero-order valence-electron chi connectivity index (χ0n) is 11.6. The van der Waals surface area contributed by atoms with Crippen LogP contribution in [0.2, 0.25) is 0 Å². The van der Waals surface area contributed by atoms with Crippen molar-refractivity contribution in [2.45, 2.75) is 18.3 Å². The van der Waals surface area contributed by atoms with E-state index in [1.165, 1.54) is 0 Å². The van der Waals surface area contributed by atoms with E-state index in [1.807, 2.05) is 0 Å². The third-order valence-electron chi connectivity index (χ3n) is 3.35. The average molecular weight is 293 g/mol. The third kappa shape index (κ3) is 3.78. The van der Waals surface area contributed by atoms with Gasteiger partial charge in [0.1, 0.15) is 38.1 Å². The molecule has 4 rings (SSSR count). The molecule has 6 heteroatoms. The molecule has 0 spiro atoms. The van der Waals surface area contributed by atoms with Gasteiger partial charge < -0.3 is 28.4 Å². The van der Waals surface area contributed by atoms with E-state index in [0.717, 1.165) is 19.8 Å².